The zero-order valence-corrected chi connectivity index (χ0v) is 7.43. The predicted octanol–water partition coefficient (Wildman–Crippen LogP) is -0.597. The summed E-state index contributed by atoms with van der Waals surface area (Å²) in [5.74, 6) is -2.24. The van der Waals surface area contributed by atoms with Gasteiger partial charge in [0.25, 0.3) is 5.91 Å². The number of hydrogen-bond acceptors (Lipinski definition) is 5. The number of amides is 2. The van der Waals surface area contributed by atoms with Crippen LogP contribution in [0.3, 0.4) is 0 Å². The molecular formula is C7H7N3O5. The first-order valence-corrected chi connectivity index (χ1v) is 3.81. The third-order valence-corrected chi connectivity index (χ3v) is 1.42. The van der Waals surface area contributed by atoms with Crippen LogP contribution in [0.15, 0.2) is 16.5 Å². The molecule has 1 rings (SSSR count). The molecule has 8 heteroatoms. The van der Waals surface area contributed by atoms with Gasteiger partial charge in [-0.15, -0.1) is 0 Å². The van der Waals surface area contributed by atoms with Gasteiger partial charge in [-0.3, -0.25) is 19.7 Å². The lowest BCUT2D eigenvalue weighted by atomic mass is 10.4. The number of nitrogens with zero attached hydrogens (tertiary/aromatic N) is 1. The highest BCUT2D eigenvalue weighted by Crippen LogP contribution is 2.14. The zero-order chi connectivity index (χ0) is 11.4. The molecule has 2 amide bonds. The molecule has 80 valence electrons. The van der Waals surface area contributed by atoms with Crippen molar-refractivity contribution >= 4 is 17.7 Å². The van der Waals surface area contributed by atoms with E-state index in [4.69, 9.17) is 5.73 Å². The lowest BCUT2D eigenvalue weighted by molar-refractivity contribution is -0.402. The summed E-state index contributed by atoms with van der Waals surface area (Å²) >= 11 is 0. The fourth-order valence-electron chi connectivity index (χ4n) is 0.802. The van der Waals surface area contributed by atoms with E-state index >= 15 is 0 Å². The lowest BCUT2D eigenvalue weighted by Gasteiger charge is -1.97. The summed E-state index contributed by atoms with van der Waals surface area (Å²) in [6, 6.07) is 2.17. The van der Waals surface area contributed by atoms with Crippen LogP contribution in [0.25, 0.3) is 0 Å². The summed E-state index contributed by atoms with van der Waals surface area (Å²) in [5.41, 5.74) is 4.78. The summed E-state index contributed by atoms with van der Waals surface area (Å²) in [4.78, 5) is 30.9. The van der Waals surface area contributed by atoms with Gasteiger partial charge in [-0.2, -0.15) is 0 Å². The minimum Gasteiger partial charge on any atom is -0.395 e. The summed E-state index contributed by atoms with van der Waals surface area (Å²) in [6.45, 7) is -0.354. The highest BCUT2D eigenvalue weighted by molar-refractivity contribution is 5.94. The second-order valence-electron chi connectivity index (χ2n) is 2.54. The van der Waals surface area contributed by atoms with Crippen molar-refractivity contribution < 1.29 is 18.9 Å². The number of rotatable bonds is 4. The average Bonchev–Trinajstić information content (AvgIpc) is 2.62. The van der Waals surface area contributed by atoms with Gasteiger partial charge in [-0.25, -0.2) is 0 Å². The van der Waals surface area contributed by atoms with E-state index in [1.165, 1.54) is 0 Å². The molecule has 0 bridgehead atoms. The molecule has 0 aliphatic rings. The number of carbonyl (C=O) groups is 2. The first kappa shape index (κ1) is 10.7. The highest BCUT2D eigenvalue weighted by atomic mass is 16.6. The zero-order valence-electron chi connectivity index (χ0n) is 7.43. The Morgan fingerprint density at radius 2 is 2.20 bits per heavy atom. The molecular weight excluding hydrogens is 206 g/mol. The maximum absolute atomic E-state index is 11.1. The van der Waals surface area contributed by atoms with Gasteiger partial charge >= 0.3 is 5.88 Å². The predicted molar refractivity (Wildman–Crippen MR) is 46.9 cm³/mol. The van der Waals surface area contributed by atoms with E-state index in [9.17, 15) is 19.7 Å². The van der Waals surface area contributed by atoms with Crippen molar-refractivity contribution in [2.45, 2.75) is 0 Å². The smallest absolute Gasteiger partial charge is 0.395 e. The maximum atomic E-state index is 11.1. The third-order valence-electron chi connectivity index (χ3n) is 1.42. The minimum absolute atomic E-state index is 0.247. The van der Waals surface area contributed by atoms with Crippen LogP contribution >= 0.6 is 0 Å². The Labute approximate surface area is 83.2 Å². The van der Waals surface area contributed by atoms with Gasteiger partial charge in [0.2, 0.25) is 5.91 Å². The highest BCUT2D eigenvalue weighted by Gasteiger charge is 2.16. The first-order chi connectivity index (χ1) is 7.00. The van der Waals surface area contributed by atoms with Crippen molar-refractivity contribution in [3.8, 4) is 0 Å². The van der Waals surface area contributed by atoms with E-state index in [1.807, 2.05) is 0 Å². The van der Waals surface area contributed by atoms with Crippen LogP contribution in [0.2, 0.25) is 0 Å². The Bertz CT molecular complexity index is 411. The normalized spacial score (nSPS) is 9.60. The van der Waals surface area contributed by atoms with Gasteiger partial charge < -0.3 is 15.5 Å². The molecule has 0 spiro atoms. The van der Waals surface area contributed by atoms with Gasteiger partial charge in [-0.05, 0) is 6.07 Å². The first-order valence-electron chi connectivity index (χ1n) is 3.81. The molecule has 0 unspecified atom stereocenters. The van der Waals surface area contributed by atoms with E-state index in [0.29, 0.717) is 0 Å². The van der Waals surface area contributed by atoms with Crippen LogP contribution in [0.1, 0.15) is 10.6 Å². The molecule has 0 radical (unpaired) electrons. The van der Waals surface area contributed by atoms with Crippen LogP contribution < -0.4 is 11.1 Å². The van der Waals surface area contributed by atoms with Gasteiger partial charge in [0.05, 0.1) is 12.6 Å². The maximum Gasteiger partial charge on any atom is 0.433 e. The fourth-order valence-corrected chi connectivity index (χ4v) is 0.802. The van der Waals surface area contributed by atoms with Crippen LogP contribution in [-0.4, -0.2) is 23.3 Å². The number of nitrogens with two attached hydrogens (primary N) is 1. The van der Waals surface area contributed by atoms with Crippen molar-refractivity contribution in [3.63, 3.8) is 0 Å². The van der Waals surface area contributed by atoms with E-state index in [-0.39, 0.29) is 12.3 Å². The second kappa shape index (κ2) is 4.22. The Morgan fingerprint density at radius 3 is 2.67 bits per heavy atom. The number of furan rings is 1. The van der Waals surface area contributed by atoms with Crippen LogP contribution in [0, 0.1) is 10.1 Å². The summed E-state index contributed by atoms with van der Waals surface area (Å²) in [7, 11) is 0. The van der Waals surface area contributed by atoms with Crippen LogP contribution in [0.5, 0.6) is 0 Å². The van der Waals surface area contributed by atoms with Crippen LogP contribution in [0.4, 0.5) is 5.88 Å². The monoisotopic (exact) mass is 213 g/mol. The molecule has 0 atom stereocenters. The Balaban J connectivity index is 2.66. The van der Waals surface area contributed by atoms with Crippen molar-refractivity contribution in [1.29, 1.82) is 0 Å². The van der Waals surface area contributed by atoms with Crippen molar-refractivity contribution in [3.05, 3.63) is 28.0 Å². The van der Waals surface area contributed by atoms with Crippen molar-refractivity contribution in [2.24, 2.45) is 5.73 Å². The number of nitrogens with one attached hydrogen (secondary N) is 1. The van der Waals surface area contributed by atoms with E-state index in [0.717, 1.165) is 12.1 Å². The Hall–Kier alpha value is -2.38. The number of carbonyl (C=O) groups excluding carboxylic acids is 2. The molecule has 0 saturated carbocycles. The second-order valence-corrected chi connectivity index (χ2v) is 2.54. The largest absolute Gasteiger partial charge is 0.433 e. The summed E-state index contributed by atoms with van der Waals surface area (Å²) in [5, 5.41) is 12.3. The van der Waals surface area contributed by atoms with E-state index in [2.05, 4.69) is 9.73 Å². The van der Waals surface area contributed by atoms with E-state index in [1.54, 1.807) is 0 Å². The molecule has 0 aliphatic carbocycles. The molecule has 1 heterocycles. The molecule has 3 N–H and O–H groups in total. The molecule has 15 heavy (non-hydrogen) atoms. The molecule has 1 aromatic rings. The third kappa shape index (κ3) is 2.79. The summed E-state index contributed by atoms with van der Waals surface area (Å²) in [6.07, 6.45) is 0. The SMILES string of the molecule is NC(=O)CNC(=O)c1ccc([N+](=O)[O-])o1. The van der Waals surface area contributed by atoms with Crippen molar-refractivity contribution in [1.82, 2.24) is 5.32 Å². The molecule has 1 aromatic heterocycles. The quantitative estimate of drug-likeness (QED) is 0.509. The molecule has 0 saturated heterocycles. The van der Waals surface area contributed by atoms with Gasteiger partial charge in [0, 0.05) is 0 Å². The number of primary amides is 1. The van der Waals surface area contributed by atoms with Gasteiger partial charge in [-0.1, -0.05) is 0 Å². The molecule has 0 aliphatic heterocycles. The standard InChI is InChI=1S/C7H7N3O5/c8-5(11)3-9-7(12)4-1-2-6(15-4)10(13)14/h1-2H,3H2,(H2,8,11)(H,9,12). The lowest BCUT2D eigenvalue weighted by Crippen LogP contribution is -2.33. The van der Waals surface area contributed by atoms with Crippen LogP contribution in [-0.2, 0) is 4.79 Å². The molecule has 0 fully saturated rings. The number of nitro groups is 1. The average molecular weight is 213 g/mol. The van der Waals surface area contributed by atoms with Gasteiger partial charge in [0.1, 0.15) is 4.92 Å². The van der Waals surface area contributed by atoms with Crippen molar-refractivity contribution in [2.75, 3.05) is 6.54 Å². The number of hydrogen-bond donors (Lipinski definition) is 2. The van der Waals surface area contributed by atoms with E-state index < -0.39 is 22.6 Å². The molecule has 0 aromatic carbocycles. The summed E-state index contributed by atoms with van der Waals surface area (Å²) < 4.78 is 4.58. The Kier molecular flexibility index (Phi) is 3.01. The fraction of sp³-hybridized carbons (Fsp3) is 0.143. The topological polar surface area (TPSA) is 128 Å². The minimum atomic E-state index is -0.773. The molecule has 8 nitrogen and oxygen atoms in total. The Morgan fingerprint density at radius 1 is 1.53 bits per heavy atom. The van der Waals surface area contributed by atoms with Gasteiger partial charge in [0.15, 0.2) is 5.76 Å².